The first-order valence-corrected chi connectivity index (χ1v) is 7.42. The normalized spacial score (nSPS) is 17.4. The smallest absolute Gasteiger partial charge is 0.294 e. The van der Waals surface area contributed by atoms with Crippen molar-refractivity contribution in [1.82, 2.24) is 14.7 Å². The number of amides is 1. The van der Waals surface area contributed by atoms with E-state index in [4.69, 9.17) is 5.73 Å². The van der Waals surface area contributed by atoms with Crippen LogP contribution in [0.2, 0.25) is 0 Å². The fourth-order valence-corrected chi connectivity index (χ4v) is 2.88. The third-order valence-electron chi connectivity index (χ3n) is 4.04. The summed E-state index contributed by atoms with van der Waals surface area (Å²) in [5.74, 6) is -0.185. The van der Waals surface area contributed by atoms with Crippen molar-refractivity contribution in [2.24, 2.45) is 5.73 Å². The number of hydrogen-bond acceptors (Lipinski definition) is 5. The average molecular weight is 315 g/mol. The fourth-order valence-electron chi connectivity index (χ4n) is 2.88. The van der Waals surface area contributed by atoms with E-state index in [0.717, 1.165) is 12.8 Å². The number of likely N-dealkylation sites (tertiary alicyclic amines) is 1. The summed E-state index contributed by atoms with van der Waals surface area (Å²) in [6, 6.07) is 7.90. The number of carbonyl (C=O) groups excluding carboxylic acids is 1. The standard InChI is InChI=1S/C15H17N5O3/c16-10-11-4-3-8-18(11)15(21)12-7-9-19(17-12)13-5-1-2-6-14(13)20(22)23/h1-2,5-7,9,11H,3-4,8,10,16H2. The van der Waals surface area contributed by atoms with Gasteiger partial charge in [0, 0.05) is 31.4 Å². The first-order chi connectivity index (χ1) is 11.1. The highest BCUT2D eigenvalue weighted by Crippen LogP contribution is 2.23. The fraction of sp³-hybridized carbons (Fsp3) is 0.333. The van der Waals surface area contributed by atoms with Crippen LogP contribution in [-0.4, -0.2) is 44.6 Å². The number of hydrogen-bond donors (Lipinski definition) is 1. The van der Waals surface area contributed by atoms with Crippen molar-refractivity contribution in [2.75, 3.05) is 13.1 Å². The van der Waals surface area contributed by atoms with Crippen molar-refractivity contribution in [3.63, 3.8) is 0 Å². The van der Waals surface area contributed by atoms with Gasteiger partial charge in [-0.1, -0.05) is 12.1 Å². The number of aromatic nitrogens is 2. The number of rotatable bonds is 4. The molecule has 1 saturated heterocycles. The van der Waals surface area contributed by atoms with Crippen molar-refractivity contribution in [1.29, 1.82) is 0 Å². The Morgan fingerprint density at radius 2 is 2.17 bits per heavy atom. The lowest BCUT2D eigenvalue weighted by molar-refractivity contribution is -0.384. The SMILES string of the molecule is NCC1CCCN1C(=O)c1ccn(-c2ccccc2[N+](=O)[O-])n1. The molecule has 0 bridgehead atoms. The Labute approximate surface area is 132 Å². The van der Waals surface area contributed by atoms with Crippen molar-refractivity contribution < 1.29 is 9.72 Å². The topological polar surface area (TPSA) is 107 Å². The minimum Gasteiger partial charge on any atom is -0.333 e. The molecule has 8 nitrogen and oxygen atoms in total. The minimum absolute atomic E-state index is 0.0405. The molecule has 2 heterocycles. The number of nitro benzene ring substituents is 1. The van der Waals surface area contributed by atoms with E-state index in [9.17, 15) is 14.9 Å². The van der Waals surface area contributed by atoms with Gasteiger partial charge in [-0.05, 0) is 25.0 Å². The molecule has 3 rings (SSSR count). The molecule has 2 N–H and O–H groups in total. The van der Waals surface area contributed by atoms with Crippen LogP contribution in [0, 0.1) is 10.1 Å². The van der Waals surface area contributed by atoms with Gasteiger partial charge in [0.25, 0.3) is 11.6 Å². The highest BCUT2D eigenvalue weighted by Gasteiger charge is 2.29. The molecule has 1 amide bonds. The number of benzene rings is 1. The van der Waals surface area contributed by atoms with Gasteiger partial charge in [-0.3, -0.25) is 14.9 Å². The van der Waals surface area contributed by atoms with Crippen LogP contribution < -0.4 is 5.73 Å². The van der Waals surface area contributed by atoms with E-state index < -0.39 is 4.92 Å². The van der Waals surface area contributed by atoms with Gasteiger partial charge in [0.05, 0.1) is 4.92 Å². The maximum Gasteiger partial charge on any atom is 0.294 e. The summed E-state index contributed by atoms with van der Waals surface area (Å²) in [5, 5.41) is 15.3. The van der Waals surface area contributed by atoms with Crippen LogP contribution in [0.15, 0.2) is 36.5 Å². The van der Waals surface area contributed by atoms with Crippen molar-refractivity contribution in [2.45, 2.75) is 18.9 Å². The molecule has 0 spiro atoms. The number of carbonyl (C=O) groups is 1. The summed E-state index contributed by atoms with van der Waals surface area (Å²) >= 11 is 0. The van der Waals surface area contributed by atoms with Crippen LogP contribution in [0.5, 0.6) is 0 Å². The van der Waals surface area contributed by atoms with E-state index in [1.807, 2.05) is 0 Å². The van der Waals surface area contributed by atoms with Crippen molar-refractivity contribution in [3.8, 4) is 5.69 Å². The van der Waals surface area contributed by atoms with Gasteiger partial charge in [-0.15, -0.1) is 0 Å². The Morgan fingerprint density at radius 1 is 1.39 bits per heavy atom. The van der Waals surface area contributed by atoms with E-state index in [1.165, 1.54) is 10.7 Å². The summed E-state index contributed by atoms with van der Waals surface area (Å²) in [6.07, 6.45) is 3.38. The van der Waals surface area contributed by atoms with Gasteiger partial charge in [0.15, 0.2) is 5.69 Å². The largest absolute Gasteiger partial charge is 0.333 e. The second kappa shape index (κ2) is 6.17. The van der Waals surface area contributed by atoms with E-state index in [0.29, 0.717) is 18.8 Å². The highest BCUT2D eigenvalue weighted by atomic mass is 16.6. The zero-order chi connectivity index (χ0) is 16.4. The summed E-state index contributed by atoms with van der Waals surface area (Å²) < 4.78 is 1.36. The zero-order valence-electron chi connectivity index (χ0n) is 12.5. The predicted octanol–water partition coefficient (Wildman–Crippen LogP) is 1.34. The van der Waals surface area contributed by atoms with Gasteiger partial charge < -0.3 is 10.6 Å². The van der Waals surface area contributed by atoms with Crippen LogP contribution in [0.1, 0.15) is 23.3 Å². The molecule has 0 aliphatic carbocycles. The van der Waals surface area contributed by atoms with Gasteiger partial charge in [0.1, 0.15) is 5.69 Å². The quantitative estimate of drug-likeness (QED) is 0.676. The molecular formula is C15H17N5O3. The Bertz CT molecular complexity index is 742. The Balaban J connectivity index is 1.89. The molecule has 120 valence electrons. The van der Waals surface area contributed by atoms with Crippen LogP contribution in [0.3, 0.4) is 0 Å². The van der Waals surface area contributed by atoms with Gasteiger partial charge in [-0.25, -0.2) is 4.68 Å². The number of nitrogens with two attached hydrogens (primary N) is 1. The van der Waals surface area contributed by atoms with Crippen molar-refractivity contribution >= 4 is 11.6 Å². The van der Waals surface area contributed by atoms with Gasteiger partial charge in [0.2, 0.25) is 0 Å². The van der Waals surface area contributed by atoms with E-state index in [1.54, 1.807) is 35.4 Å². The molecule has 2 aromatic rings. The Morgan fingerprint density at radius 3 is 2.91 bits per heavy atom. The maximum atomic E-state index is 12.5. The Hall–Kier alpha value is -2.74. The lowest BCUT2D eigenvalue weighted by atomic mass is 10.2. The molecule has 1 atom stereocenters. The molecule has 23 heavy (non-hydrogen) atoms. The Kier molecular flexibility index (Phi) is 4.07. The zero-order valence-corrected chi connectivity index (χ0v) is 12.5. The maximum absolute atomic E-state index is 12.5. The second-order valence-corrected chi connectivity index (χ2v) is 5.42. The van der Waals surface area contributed by atoms with E-state index in [-0.39, 0.29) is 23.3 Å². The summed E-state index contributed by atoms with van der Waals surface area (Å²) in [6.45, 7) is 1.09. The molecule has 1 aliphatic heterocycles. The van der Waals surface area contributed by atoms with Gasteiger partial charge in [-0.2, -0.15) is 5.10 Å². The van der Waals surface area contributed by atoms with Gasteiger partial charge >= 0.3 is 0 Å². The average Bonchev–Trinajstić information content (AvgIpc) is 3.23. The lowest BCUT2D eigenvalue weighted by Gasteiger charge is -2.22. The van der Waals surface area contributed by atoms with E-state index >= 15 is 0 Å². The molecule has 8 heteroatoms. The third kappa shape index (κ3) is 2.80. The van der Waals surface area contributed by atoms with Crippen LogP contribution in [-0.2, 0) is 0 Å². The van der Waals surface area contributed by atoms with Crippen LogP contribution in [0.25, 0.3) is 5.69 Å². The molecule has 1 aromatic heterocycles. The summed E-state index contributed by atoms with van der Waals surface area (Å²) in [5.41, 5.74) is 6.23. The first kappa shape index (κ1) is 15.2. The van der Waals surface area contributed by atoms with E-state index in [2.05, 4.69) is 5.10 Å². The number of para-hydroxylation sites is 2. The second-order valence-electron chi connectivity index (χ2n) is 5.42. The number of nitrogens with zero attached hydrogens (tertiary/aromatic N) is 4. The van der Waals surface area contributed by atoms with Crippen molar-refractivity contribution in [3.05, 3.63) is 52.3 Å². The summed E-state index contributed by atoms with van der Waals surface area (Å²) in [4.78, 5) is 24.9. The molecule has 1 aromatic carbocycles. The highest BCUT2D eigenvalue weighted by molar-refractivity contribution is 5.92. The number of nitro groups is 1. The summed E-state index contributed by atoms with van der Waals surface area (Å²) in [7, 11) is 0. The molecule has 1 fully saturated rings. The molecular weight excluding hydrogens is 298 g/mol. The minimum atomic E-state index is -0.469. The van der Waals surface area contributed by atoms with Crippen LogP contribution in [0.4, 0.5) is 5.69 Å². The van der Waals surface area contributed by atoms with Crippen LogP contribution >= 0.6 is 0 Å². The third-order valence-corrected chi connectivity index (χ3v) is 4.04. The predicted molar refractivity (Wildman–Crippen MR) is 83.3 cm³/mol. The molecule has 1 unspecified atom stereocenters. The monoisotopic (exact) mass is 315 g/mol. The molecule has 1 aliphatic rings. The molecule has 0 saturated carbocycles. The lowest BCUT2D eigenvalue weighted by Crippen LogP contribution is -2.40. The first-order valence-electron chi connectivity index (χ1n) is 7.42. The molecule has 0 radical (unpaired) electrons.